The molecule has 0 aromatic heterocycles. The summed E-state index contributed by atoms with van der Waals surface area (Å²) in [6.07, 6.45) is 9.54. The van der Waals surface area contributed by atoms with Crippen molar-refractivity contribution in [3.63, 3.8) is 0 Å². The Labute approximate surface area is 120 Å². The van der Waals surface area contributed by atoms with Gasteiger partial charge in [0.1, 0.15) is 0 Å². The van der Waals surface area contributed by atoms with Gasteiger partial charge in [-0.2, -0.15) is 0 Å². The summed E-state index contributed by atoms with van der Waals surface area (Å²) in [5, 5.41) is 8.87. The molecule has 3 fully saturated rings. The van der Waals surface area contributed by atoms with Crippen LogP contribution in [-0.4, -0.2) is 30.1 Å². The van der Waals surface area contributed by atoms with Gasteiger partial charge in [0.2, 0.25) is 0 Å². The van der Waals surface area contributed by atoms with Crippen LogP contribution in [0.25, 0.3) is 0 Å². The van der Waals surface area contributed by atoms with Gasteiger partial charge in [0, 0.05) is 19.3 Å². The van der Waals surface area contributed by atoms with Crippen LogP contribution in [0, 0.1) is 17.8 Å². The van der Waals surface area contributed by atoms with Crippen molar-refractivity contribution in [3.8, 4) is 0 Å². The number of ether oxygens (including phenoxy) is 2. The maximum atomic E-state index is 10.8. The molecule has 0 atom stereocenters. The van der Waals surface area contributed by atoms with Crippen LogP contribution in [0.2, 0.25) is 0 Å². The van der Waals surface area contributed by atoms with Crippen LogP contribution in [0.15, 0.2) is 0 Å². The van der Waals surface area contributed by atoms with E-state index in [1.54, 1.807) is 0 Å². The van der Waals surface area contributed by atoms with E-state index in [0.717, 1.165) is 50.7 Å². The number of carboxylic acids is 1. The Morgan fingerprint density at radius 3 is 2.05 bits per heavy atom. The molecule has 1 spiro atoms. The van der Waals surface area contributed by atoms with Crippen LogP contribution in [0.5, 0.6) is 0 Å². The van der Waals surface area contributed by atoms with Gasteiger partial charge in [0.15, 0.2) is 5.79 Å². The number of carbonyl (C=O) groups is 1. The monoisotopic (exact) mass is 282 g/mol. The quantitative estimate of drug-likeness (QED) is 0.863. The molecular formula is C16H26O4. The zero-order valence-electron chi connectivity index (χ0n) is 12.2. The third kappa shape index (κ3) is 3.17. The zero-order valence-corrected chi connectivity index (χ0v) is 12.2. The Balaban J connectivity index is 1.44. The Hall–Kier alpha value is -0.610. The number of hydrogen-bond donors (Lipinski definition) is 1. The van der Waals surface area contributed by atoms with Crippen molar-refractivity contribution in [2.24, 2.45) is 17.8 Å². The van der Waals surface area contributed by atoms with Crippen molar-refractivity contribution in [1.82, 2.24) is 0 Å². The maximum absolute atomic E-state index is 10.8. The average Bonchev–Trinajstić information content (AvgIpc) is 2.89. The highest BCUT2D eigenvalue weighted by Gasteiger charge is 2.42. The summed E-state index contributed by atoms with van der Waals surface area (Å²) in [7, 11) is 0. The highest BCUT2D eigenvalue weighted by Crippen LogP contribution is 2.45. The first kappa shape index (κ1) is 14.3. The summed E-state index contributed by atoms with van der Waals surface area (Å²) in [5.41, 5.74) is 0. The summed E-state index contributed by atoms with van der Waals surface area (Å²) in [5.74, 6) is 1.15. The second kappa shape index (κ2) is 6.02. The topological polar surface area (TPSA) is 55.8 Å². The van der Waals surface area contributed by atoms with Gasteiger partial charge in [-0.1, -0.05) is 0 Å². The lowest BCUT2D eigenvalue weighted by atomic mass is 9.69. The van der Waals surface area contributed by atoms with E-state index in [4.69, 9.17) is 14.6 Å². The van der Waals surface area contributed by atoms with Crippen LogP contribution in [0.1, 0.15) is 57.8 Å². The van der Waals surface area contributed by atoms with Crippen LogP contribution >= 0.6 is 0 Å². The van der Waals surface area contributed by atoms with Gasteiger partial charge >= 0.3 is 5.97 Å². The van der Waals surface area contributed by atoms with E-state index in [9.17, 15) is 4.79 Å². The second-order valence-corrected chi connectivity index (χ2v) is 6.82. The molecule has 1 heterocycles. The van der Waals surface area contributed by atoms with Crippen LogP contribution in [0.4, 0.5) is 0 Å². The van der Waals surface area contributed by atoms with E-state index in [1.807, 2.05) is 0 Å². The molecule has 0 aromatic rings. The fourth-order valence-corrected chi connectivity index (χ4v) is 4.45. The molecule has 0 aromatic carbocycles. The molecule has 3 aliphatic rings. The normalized spacial score (nSPS) is 34.4. The molecule has 114 valence electrons. The van der Waals surface area contributed by atoms with Gasteiger partial charge in [0.05, 0.1) is 13.2 Å². The van der Waals surface area contributed by atoms with Gasteiger partial charge in [0.25, 0.3) is 0 Å². The van der Waals surface area contributed by atoms with Crippen molar-refractivity contribution in [2.75, 3.05) is 13.2 Å². The SMILES string of the molecule is O=C(O)CC1CCC(C2CCC3(CC2)OCCO3)CC1. The molecule has 2 saturated carbocycles. The Morgan fingerprint density at radius 1 is 0.950 bits per heavy atom. The zero-order chi connectivity index (χ0) is 14.0. The molecule has 0 amide bonds. The van der Waals surface area contributed by atoms with Crippen LogP contribution in [0.3, 0.4) is 0 Å². The lowest BCUT2D eigenvalue weighted by Gasteiger charge is -2.40. The molecule has 0 unspecified atom stereocenters. The first-order valence-electron chi connectivity index (χ1n) is 8.17. The number of aliphatic carboxylic acids is 1. The van der Waals surface area contributed by atoms with Crippen LogP contribution in [-0.2, 0) is 14.3 Å². The molecule has 4 heteroatoms. The second-order valence-electron chi connectivity index (χ2n) is 6.82. The van der Waals surface area contributed by atoms with Gasteiger partial charge in [-0.3, -0.25) is 4.79 Å². The van der Waals surface area contributed by atoms with E-state index in [2.05, 4.69) is 0 Å². The third-order valence-corrected chi connectivity index (χ3v) is 5.63. The number of rotatable bonds is 3. The standard InChI is InChI=1S/C16H26O4/c17-15(18)11-12-1-3-13(4-2-12)14-5-7-16(8-6-14)19-9-10-20-16/h12-14H,1-11H2,(H,17,18). The summed E-state index contributed by atoms with van der Waals surface area (Å²) in [6, 6.07) is 0. The molecule has 3 rings (SSSR count). The van der Waals surface area contributed by atoms with Gasteiger partial charge in [-0.05, 0) is 56.3 Å². The Kier molecular flexibility index (Phi) is 4.32. The lowest BCUT2D eigenvalue weighted by Crippen LogP contribution is -2.37. The fraction of sp³-hybridized carbons (Fsp3) is 0.938. The number of hydrogen-bond acceptors (Lipinski definition) is 3. The molecule has 20 heavy (non-hydrogen) atoms. The van der Waals surface area contributed by atoms with Gasteiger partial charge in [-0.15, -0.1) is 0 Å². The highest BCUT2D eigenvalue weighted by atomic mass is 16.7. The number of carboxylic acid groups (broad SMARTS) is 1. The summed E-state index contributed by atoms with van der Waals surface area (Å²) < 4.78 is 11.6. The first-order chi connectivity index (χ1) is 9.67. The summed E-state index contributed by atoms with van der Waals surface area (Å²) >= 11 is 0. The fourth-order valence-electron chi connectivity index (χ4n) is 4.45. The van der Waals surface area contributed by atoms with E-state index in [-0.39, 0.29) is 5.79 Å². The van der Waals surface area contributed by atoms with Gasteiger partial charge < -0.3 is 14.6 Å². The predicted octanol–water partition coefficient (Wildman–Crippen LogP) is 3.20. The largest absolute Gasteiger partial charge is 0.481 e. The van der Waals surface area contributed by atoms with Crippen molar-refractivity contribution in [3.05, 3.63) is 0 Å². The molecule has 1 aliphatic heterocycles. The van der Waals surface area contributed by atoms with Crippen LogP contribution < -0.4 is 0 Å². The minimum absolute atomic E-state index is 0.239. The molecule has 2 aliphatic carbocycles. The van der Waals surface area contributed by atoms with Crippen molar-refractivity contribution in [1.29, 1.82) is 0 Å². The maximum Gasteiger partial charge on any atom is 0.303 e. The molecule has 0 radical (unpaired) electrons. The minimum Gasteiger partial charge on any atom is -0.481 e. The Morgan fingerprint density at radius 2 is 1.50 bits per heavy atom. The molecular weight excluding hydrogens is 256 g/mol. The summed E-state index contributed by atoms with van der Waals surface area (Å²) in [4.78, 5) is 10.8. The molecule has 1 N–H and O–H groups in total. The van der Waals surface area contributed by atoms with Crippen molar-refractivity contribution in [2.45, 2.75) is 63.6 Å². The summed E-state index contributed by atoms with van der Waals surface area (Å²) in [6.45, 7) is 1.51. The lowest BCUT2D eigenvalue weighted by molar-refractivity contribution is -0.185. The Bertz CT molecular complexity index is 330. The molecule has 0 bridgehead atoms. The third-order valence-electron chi connectivity index (χ3n) is 5.63. The predicted molar refractivity (Wildman–Crippen MR) is 74.3 cm³/mol. The van der Waals surface area contributed by atoms with E-state index in [1.165, 1.54) is 25.7 Å². The molecule has 4 nitrogen and oxygen atoms in total. The highest BCUT2D eigenvalue weighted by molar-refractivity contribution is 5.67. The van der Waals surface area contributed by atoms with E-state index < -0.39 is 5.97 Å². The minimum atomic E-state index is -0.636. The van der Waals surface area contributed by atoms with E-state index >= 15 is 0 Å². The molecule has 1 saturated heterocycles. The van der Waals surface area contributed by atoms with Crippen molar-refractivity contribution < 1.29 is 19.4 Å². The first-order valence-corrected chi connectivity index (χ1v) is 8.17. The van der Waals surface area contributed by atoms with Crippen molar-refractivity contribution >= 4 is 5.97 Å². The average molecular weight is 282 g/mol. The van der Waals surface area contributed by atoms with Gasteiger partial charge in [-0.25, -0.2) is 0 Å². The van der Waals surface area contributed by atoms with E-state index in [0.29, 0.717) is 12.3 Å². The smallest absolute Gasteiger partial charge is 0.303 e.